The fourth-order valence-corrected chi connectivity index (χ4v) is 3.74. The minimum absolute atomic E-state index is 0.0685. The lowest BCUT2D eigenvalue weighted by molar-refractivity contribution is 0.145. The molecule has 0 bridgehead atoms. The predicted octanol–water partition coefficient (Wildman–Crippen LogP) is 4.43. The minimum atomic E-state index is -0.800. The molecule has 0 saturated heterocycles. The number of carbonyl (C=O) groups is 1. The normalized spacial score (nSPS) is 11.0. The van der Waals surface area contributed by atoms with Gasteiger partial charge in [-0.1, -0.05) is 43.3 Å². The third-order valence-corrected chi connectivity index (χ3v) is 4.59. The lowest BCUT2D eigenvalue weighted by atomic mass is 10.1. The molecule has 0 radical (unpaired) electrons. The largest absolute Gasteiger partial charge is 0.442 e. The zero-order valence-electron chi connectivity index (χ0n) is 13.4. The molecule has 0 spiro atoms. The molecule has 2 aromatic rings. The molecule has 0 fully saturated rings. The van der Waals surface area contributed by atoms with Gasteiger partial charge in [0.25, 0.3) is 0 Å². The Labute approximate surface area is 145 Å². The third-order valence-electron chi connectivity index (χ3n) is 3.24. The van der Waals surface area contributed by atoms with Crippen LogP contribution in [0.3, 0.4) is 0 Å². The molecular weight excluding hydrogens is 334 g/mol. The van der Waals surface area contributed by atoms with Crippen molar-refractivity contribution in [3.8, 4) is 0 Å². The average Bonchev–Trinajstić information content (AvgIpc) is 2.83. The van der Waals surface area contributed by atoms with Gasteiger partial charge in [0.1, 0.15) is 10.9 Å². The van der Waals surface area contributed by atoms with Crippen LogP contribution in [0.15, 0.2) is 34.2 Å². The van der Waals surface area contributed by atoms with Gasteiger partial charge >= 0.3 is 6.09 Å². The first-order valence-electron chi connectivity index (χ1n) is 7.37. The van der Waals surface area contributed by atoms with Crippen LogP contribution in [-0.2, 0) is 17.9 Å². The van der Waals surface area contributed by atoms with E-state index < -0.39 is 6.09 Å². The zero-order valence-corrected chi connectivity index (χ0v) is 14.9. The highest BCUT2D eigenvalue weighted by molar-refractivity contribution is 7.99. The van der Waals surface area contributed by atoms with Crippen molar-refractivity contribution in [1.82, 2.24) is 9.55 Å². The number of nitrogens with zero attached hydrogens (tertiary/aromatic N) is 2. The number of hydrogen-bond donors (Lipinski definition) is 1. The van der Waals surface area contributed by atoms with E-state index in [4.69, 9.17) is 22.1 Å². The number of imidazole rings is 1. The summed E-state index contributed by atoms with van der Waals surface area (Å²) >= 11 is 7.68. The summed E-state index contributed by atoms with van der Waals surface area (Å²) in [5, 5.41) is 1.73. The van der Waals surface area contributed by atoms with E-state index in [9.17, 15) is 4.79 Å². The number of ether oxygens (including phenoxy) is 1. The van der Waals surface area contributed by atoms with Gasteiger partial charge in [-0.15, -0.1) is 0 Å². The predicted molar refractivity (Wildman–Crippen MR) is 91.9 cm³/mol. The lowest BCUT2D eigenvalue weighted by Crippen LogP contribution is -2.15. The molecular formula is C16H20ClN3O2S. The number of carbonyl (C=O) groups excluding carboxylic acids is 1. The number of hydrogen-bond acceptors (Lipinski definition) is 4. The molecule has 0 unspecified atom stereocenters. The van der Waals surface area contributed by atoms with Crippen LogP contribution in [-0.4, -0.2) is 15.6 Å². The molecule has 23 heavy (non-hydrogen) atoms. The Morgan fingerprint density at radius 2 is 2.22 bits per heavy atom. The van der Waals surface area contributed by atoms with Gasteiger partial charge < -0.3 is 15.0 Å². The van der Waals surface area contributed by atoms with E-state index >= 15 is 0 Å². The lowest BCUT2D eigenvalue weighted by Gasteiger charge is -2.11. The minimum Gasteiger partial charge on any atom is -0.442 e. The van der Waals surface area contributed by atoms with Crippen LogP contribution < -0.4 is 5.73 Å². The van der Waals surface area contributed by atoms with Gasteiger partial charge in [0, 0.05) is 16.5 Å². The van der Waals surface area contributed by atoms with Crippen LogP contribution in [0.4, 0.5) is 4.79 Å². The molecule has 2 N–H and O–H groups in total. The van der Waals surface area contributed by atoms with Crippen molar-refractivity contribution in [2.45, 2.75) is 49.8 Å². The zero-order chi connectivity index (χ0) is 17.0. The van der Waals surface area contributed by atoms with Gasteiger partial charge in [0.15, 0.2) is 6.61 Å². The molecule has 0 aliphatic heterocycles. The van der Waals surface area contributed by atoms with Crippen LogP contribution in [0.1, 0.15) is 38.2 Å². The second-order valence-electron chi connectivity index (χ2n) is 5.28. The Bertz CT molecular complexity index is 701. The summed E-state index contributed by atoms with van der Waals surface area (Å²) < 4.78 is 6.96. The number of primary amides is 1. The van der Waals surface area contributed by atoms with Gasteiger partial charge in [-0.25, -0.2) is 9.78 Å². The number of rotatable bonds is 6. The summed E-state index contributed by atoms with van der Waals surface area (Å²) in [4.78, 5) is 16.6. The van der Waals surface area contributed by atoms with E-state index in [-0.39, 0.29) is 12.5 Å². The molecule has 0 aliphatic rings. The maximum absolute atomic E-state index is 10.9. The molecule has 0 aliphatic carbocycles. The van der Waals surface area contributed by atoms with Gasteiger partial charge in [-0.2, -0.15) is 0 Å². The fourth-order valence-electron chi connectivity index (χ4n) is 2.20. The Kier molecular flexibility index (Phi) is 5.96. The van der Waals surface area contributed by atoms with Crippen LogP contribution in [0.25, 0.3) is 0 Å². The monoisotopic (exact) mass is 353 g/mol. The second kappa shape index (κ2) is 7.75. The van der Waals surface area contributed by atoms with Crippen molar-refractivity contribution in [2.24, 2.45) is 5.73 Å². The molecule has 1 heterocycles. The first-order valence-corrected chi connectivity index (χ1v) is 8.56. The van der Waals surface area contributed by atoms with Crippen molar-refractivity contribution in [3.63, 3.8) is 0 Å². The van der Waals surface area contributed by atoms with Crippen molar-refractivity contribution < 1.29 is 9.53 Å². The molecule has 7 heteroatoms. The van der Waals surface area contributed by atoms with Gasteiger partial charge in [0.05, 0.1) is 5.69 Å². The summed E-state index contributed by atoms with van der Waals surface area (Å²) in [6, 6.07) is 7.69. The summed E-state index contributed by atoms with van der Waals surface area (Å²) in [5.74, 6) is 0.941. The molecule has 1 aromatic carbocycles. The van der Waals surface area contributed by atoms with Crippen LogP contribution in [0.2, 0.25) is 5.02 Å². The van der Waals surface area contributed by atoms with E-state index in [0.29, 0.717) is 10.8 Å². The van der Waals surface area contributed by atoms with E-state index in [0.717, 1.165) is 22.2 Å². The SMILES string of the molecule is CCn1c(COC(N)=O)nc(C(C)C)c1Sc1cccc(Cl)c1. The summed E-state index contributed by atoms with van der Waals surface area (Å²) in [6.45, 7) is 6.99. The van der Waals surface area contributed by atoms with E-state index in [2.05, 4.69) is 18.8 Å². The highest BCUT2D eigenvalue weighted by Crippen LogP contribution is 2.35. The Morgan fingerprint density at radius 3 is 2.78 bits per heavy atom. The molecule has 1 aromatic heterocycles. The fraction of sp³-hybridized carbons (Fsp3) is 0.375. The molecule has 0 atom stereocenters. The van der Waals surface area contributed by atoms with Crippen molar-refractivity contribution >= 4 is 29.5 Å². The quantitative estimate of drug-likeness (QED) is 0.834. The molecule has 124 valence electrons. The summed E-state index contributed by atoms with van der Waals surface area (Å²) in [7, 11) is 0. The molecule has 5 nitrogen and oxygen atoms in total. The van der Waals surface area contributed by atoms with E-state index in [1.807, 2.05) is 35.8 Å². The van der Waals surface area contributed by atoms with Crippen LogP contribution in [0.5, 0.6) is 0 Å². The second-order valence-corrected chi connectivity index (χ2v) is 6.78. The molecule has 2 rings (SSSR count). The first kappa shape index (κ1) is 17.7. The highest BCUT2D eigenvalue weighted by Gasteiger charge is 2.20. The Morgan fingerprint density at radius 1 is 1.48 bits per heavy atom. The summed E-state index contributed by atoms with van der Waals surface area (Å²) in [5.41, 5.74) is 6.03. The van der Waals surface area contributed by atoms with Gasteiger partial charge in [0.2, 0.25) is 0 Å². The maximum Gasteiger partial charge on any atom is 0.404 e. The van der Waals surface area contributed by atoms with Crippen molar-refractivity contribution in [3.05, 3.63) is 40.8 Å². The smallest absolute Gasteiger partial charge is 0.404 e. The third kappa shape index (κ3) is 4.42. The number of halogens is 1. The summed E-state index contributed by atoms with van der Waals surface area (Å²) in [6.07, 6.45) is -0.800. The Hall–Kier alpha value is -1.66. The Balaban J connectivity index is 2.40. The van der Waals surface area contributed by atoms with Crippen LogP contribution in [0, 0.1) is 0 Å². The van der Waals surface area contributed by atoms with Crippen LogP contribution >= 0.6 is 23.4 Å². The van der Waals surface area contributed by atoms with Crippen molar-refractivity contribution in [1.29, 1.82) is 0 Å². The van der Waals surface area contributed by atoms with E-state index in [1.165, 1.54) is 0 Å². The number of benzene rings is 1. The maximum atomic E-state index is 10.9. The number of nitrogens with two attached hydrogens (primary N) is 1. The molecule has 1 amide bonds. The van der Waals surface area contributed by atoms with E-state index in [1.54, 1.807) is 11.8 Å². The number of amides is 1. The van der Waals surface area contributed by atoms with Gasteiger partial charge in [-0.05, 0) is 31.0 Å². The highest BCUT2D eigenvalue weighted by atomic mass is 35.5. The standard InChI is InChI=1S/C16H20ClN3O2S/c1-4-20-13(9-22-16(18)21)19-14(10(2)3)15(20)23-12-7-5-6-11(17)8-12/h5-8,10H,4,9H2,1-3H3,(H2,18,21). The average molecular weight is 354 g/mol. The number of aromatic nitrogens is 2. The molecule has 0 saturated carbocycles. The van der Waals surface area contributed by atoms with Gasteiger partial charge in [-0.3, -0.25) is 0 Å². The topological polar surface area (TPSA) is 70.1 Å². The van der Waals surface area contributed by atoms with Crippen molar-refractivity contribution in [2.75, 3.05) is 0 Å². The first-order chi connectivity index (χ1) is 10.9.